The van der Waals surface area contributed by atoms with E-state index in [2.05, 4.69) is 8.75 Å². The molecule has 15 heteroatoms. The molecular formula is C8H7F4N3O3S5. The summed E-state index contributed by atoms with van der Waals surface area (Å²) in [6.07, 6.45) is 0. The van der Waals surface area contributed by atoms with Crippen molar-refractivity contribution in [1.29, 1.82) is 0 Å². The Morgan fingerprint density at radius 1 is 1.17 bits per heavy atom. The smallest absolute Gasteiger partial charge is 0.485 e. The van der Waals surface area contributed by atoms with Gasteiger partial charge in [-0.25, -0.2) is 12.8 Å². The number of halogens is 4. The number of hydrogen-bond donors (Lipinski definition) is 0. The van der Waals surface area contributed by atoms with Crippen molar-refractivity contribution in [1.82, 2.24) is 8.75 Å². The van der Waals surface area contributed by atoms with Crippen LogP contribution >= 0.6 is 41.8 Å². The molecule has 0 aliphatic heterocycles. The minimum Gasteiger partial charge on any atom is -0.741 e. The largest absolute Gasteiger partial charge is 0.741 e. The van der Waals surface area contributed by atoms with Crippen LogP contribution in [0.2, 0.25) is 0 Å². The Balaban J connectivity index is 0.000000207. The van der Waals surface area contributed by atoms with E-state index in [-0.39, 0.29) is 5.82 Å². The van der Waals surface area contributed by atoms with E-state index in [0.29, 0.717) is 9.40 Å². The van der Waals surface area contributed by atoms with Gasteiger partial charge in [0.15, 0.2) is 15.9 Å². The van der Waals surface area contributed by atoms with Crippen LogP contribution in [0.25, 0.3) is 20.7 Å². The number of rotatable bonds is 1. The van der Waals surface area contributed by atoms with Crippen LogP contribution in [0.4, 0.5) is 17.6 Å². The molecule has 0 bridgehead atoms. The zero-order valence-corrected chi connectivity index (χ0v) is 15.1. The van der Waals surface area contributed by atoms with Crippen molar-refractivity contribution in [3.05, 3.63) is 5.82 Å². The Morgan fingerprint density at radius 2 is 1.57 bits per heavy atom. The van der Waals surface area contributed by atoms with Crippen molar-refractivity contribution in [3.8, 4) is 0 Å². The van der Waals surface area contributed by atoms with Crippen molar-refractivity contribution < 1.29 is 35.1 Å². The number of alkyl halides is 3. The molecule has 0 amide bonds. The average molecular weight is 429 g/mol. The summed E-state index contributed by atoms with van der Waals surface area (Å²) < 4.78 is 84.8. The van der Waals surface area contributed by atoms with E-state index in [0.717, 1.165) is 38.9 Å². The van der Waals surface area contributed by atoms with Gasteiger partial charge in [0.05, 0.1) is 32.4 Å². The van der Waals surface area contributed by atoms with E-state index in [1.54, 1.807) is 0 Å². The highest BCUT2D eigenvalue weighted by Crippen LogP contribution is 2.30. The molecule has 0 saturated carbocycles. The van der Waals surface area contributed by atoms with Crippen molar-refractivity contribution >= 4 is 72.6 Å². The van der Waals surface area contributed by atoms with Crippen molar-refractivity contribution in [2.45, 2.75) is 19.0 Å². The van der Waals surface area contributed by atoms with Gasteiger partial charge in [0, 0.05) is 0 Å². The minimum absolute atomic E-state index is 0.137. The predicted molar refractivity (Wildman–Crippen MR) is 81.6 cm³/mol. The Kier molecular flexibility index (Phi) is 5.37. The first-order chi connectivity index (χ1) is 10.6. The monoisotopic (exact) mass is 429 g/mol. The van der Waals surface area contributed by atoms with Crippen molar-refractivity contribution in [2.75, 3.05) is 0 Å². The number of aryl methyl sites for hydroxylation is 1. The summed E-state index contributed by atoms with van der Waals surface area (Å²) in [5.74, 6) is -0.137. The molecule has 3 aromatic rings. The first kappa shape index (κ1) is 18.6. The number of hydrogen-bond acceptors (Lipinski definition) is 5. The lowest BCUT2D eigenvalue weighted by molar-refractivity contribution is -0.645. The normalized spacial score (nSPS) is 12.4. The molecular weight excluding hydrogens is 422 g/mol. The predicted octanol–water partition coefficient (Wildman–Crippen LogP) is 2.24. The van der Waals surface area contributed by atoms with Gasteiger partial charge < -0.3 is 9.12 Å². The lowest BCUT2D eigenvalue weighted by atomic mass is 10.4. The number of aromatic nitrogens is 3. The summed E-state index contributed by atoms with van der Waals surface area (Å²) >= 11 is 0. The van der Waals surface area contributed by atoms with Gasteiger partial charge in [-0.2, -0.15) is 13.2 Å². The van der Waals surface area contributed by atoms with E-state index < -0.39 is 15.6 Å². The molecule has 0 aliphatic rings. The summed E-state index contributed by atoms with van der Waals surface area (Å²) in [6, 6.07) is 0. The van der Waals surface area contributed by atoms with E-state index in [1.165, 1.54) is 20.7 Å². The third-order valence-corrected chi connectivity index (χ3v) is 6.89. The molecule has 0 saturated heterocycles. The number of nitrogens with zero attached hydrogens (tertiary/aromatic N) is 3. The van der Waals surface area contributed by atoms with Crippen LogP contribution in [0.3, 0.4) is 0 Å². The third-order valence-electron chi connectivity index (χ3n) is 2.45. The van der Waals surface area contributed by atoms with Crippen LogP contribution in [-0.2, 0) is 16.7 Å². The van der Waals surface area contributed by atoms with Gasteiger partial charge in [-0.05, 0) is 6.54 Å². The molecule has 0 aromatic carbocycles. The van der Waals surface area contributed by atoms with E-state index in [4.69, 9.17) is 13.0 Å². The summed E-state index contributed by atoms with van der Waals surface area (Å²) in [5.41, 5.74) is -4.14. The fourth-order valence-corrected chi connectivity index (χ4v) is 5.53. The van der Waals surface area contributed by atoms with Crippen LogP contribution in [0.1, 0.15) is 6.92 Å². The second-order valence-corrected chi connectivity index (χ2v) is 9.16. The van der Waals surface area contributed by atoms with E-state index in [1.807, 2.05) is 11.5 Å². The Labute approximate surface area is 141 Å². The molecule has 130 valence electrons. The second kappa shape index (κ2) is 6.64. The van der Waals surface area contributed by atoms with E-state index in [9.17, 15) is 17.6 Å². The van der Waals surface area contributed by atoms with Gasteiger partial charge in [0.25, 0.3) is 0 Å². The van der Waals surface area contributed by atoms with Gasteiger partial charge >= 0.3 is 5.51 Å². The van der Waals surface area contributed by atoms with Crippen molar-refractivity contribution in [3.63, 3.8) is 0 Å². The van der Waals surface area contributed by atoms with Crippen LogP contribution in [-0.4, -0.2) is 18.5 Å². The van der Waals surface area contributed by atoms with Gasteiger partial charge in [0.1, 0.15) is 30.1 Å². The van der Waals surface area contributed by atoms with Crippen molar-refractivity contribution in [2.24, 2.45) is 0 Å². The summed E-state index contributed by atoms with van der Waals surface area (Å²) in [6.45, 7) is 2.81. The van der Waals surface area contributed by atoms with Crippen LogP contribution < -0.4 is 13.3 Å². The highest BCUT2D eigenvalue weighted by Gasteiger charge is 2.36. The Morgan fingerprint density at radius 3 is 1.87 bits per heavy atom. The minimum atomic E-state index is -6.09. The van der Waals surface area contributed by atoms with Crippen LogP contribution in [0.5, 0.6) is 0 Å². The SMILES string of the molecule is CC[n+]1c2[n-][sH+]sc2c(F)c2s[sH+][n-]c21.O=S(=O)([O-])C(F)(F)F. The third kappa shape index (κ3) is 3.69. The first-order valence-electron chi connectivity index (χ1n) is 5.55. The molecule has 0 radical (unpaired) electrons. The molecule has 3 rings (SSSR count). The molecule has 3 heterocycles. The highest BCUT2D eigenvalue weighted by atomic mass is 32.9. The van der Waals surface area contributed by atoms with Gasteiger partial charge in [-0.1, -0.05) is 6.92 Å². The molecule has 0 N–H and O–H groups in total. The maximum absolute atomic E-state index is 14.0. The maximum Gasteiger partial charge on any atom is 0.485 e. The lowest BCUT2D eigenvalue weighted by Crippen LogP contribution is -2.35. The zero-order valence-electron chi connectivity index (χ0n) is 10.9. The molecule has 0 atom stereocenters. The number of fused-ring (bicyclic) bond motifs is 2. The van der Waals surface area contributed by atoms with Gasteiger partial charge in [0.2, 0.25) is 0 Å². The quantitative estimate of drug-likeness (QED) is 0.148. The summed E-state index contributed by atoms with van der Waals surface area (Å²) in [7, 11) is -1.49. The fraction of sp³-hybridized carbons (Fsp3) is 0.375. The standard InChI is InChI=1S/C7H7FN3S4.CHF3O3S/c1-2-11-6-4(12-14-9-6)3(8)5-7(11)10-15-13-5;2-1(3,4)8(5,6)7/h14-15H,2H2,1H3;(H,5,6,7)/q+1;/p-1. The molecule has 3 aromatic heterocycles. The zero-order chi connectivity index (χ0) is 17.4. The molecule has 0 aliphatic carbocycles. The first-order valence-corrected chi connectivity index (χ1v) is 11.5. The lowest BCUT2D eigenvalue weighted by Gasteiger charge is -2.09. The second-order valence-electron chi connectivity index (χ2n) is 3.81. The molecule has 6 nitrogen and oxygen atoms in total. The molecule has 0 spiro atoms. The Hall–Kier alpha value is -0.740. The number of pyridine rings is 1. The van der Waals surface area contributed by atoms with Gasteiger partial charge in [-0.15, -0.1) is 8.75 Å². The fourth-order valence-electron chi connectivity index (χ4n) is 1.50. The topological polar surface area (TPSA) is 89.3 Å². The average Bonchev–Trinajstić information content (AvgIpc) is 3.06. The maximum atomic E-state index is 14.0. The molecule has 23 heavy (non-hydrogen) atoms. The Bertz CT molecular complexity index is 899. The summed E-state index contributed by atoms with van der Waals surface area (Å²) in [4.78, 5) is 0. The van der Waals surface area contributed by atoms with Crippen LogP contribution in [0.15, 0.2) is 0 Å². The molecule has 0 unspecified atom stereocenters. The highest BCUT2D eigenvalue weighted by molar-refractivity contribution is 7.86. The van der Waals surface area contributed by atoms with Crippen LogP contribution in [0, 0.1) is 5.82 Å². The molecule has 0 fully saturated rings. The summed E-state index contributed by atoms with van der Waals surface area (Å²) in [5, 5.41) is 0. The van der Waals surface area contributed by atoms with E-state index >= 15 is 0 Å². The van der Waals surface area contributed by atoms with Gasteiger partial charge in [-0.3, -0.25) is 0 Å².